The van der Waals surface area contributed by atoms with E-state index in [1.807, 2.05) is 0 Å². The third kappa shape index (κ3) is 7.96. The fourth-order valence-corrected chi connectivity index (χ4v) is 1.08. The first kappa shape index (κ1) is 13.3. The maximum atomic E-state index is 10.8. The van der Waals surface area contributed by atoms with E-state index in [2.05, 4.69) is 8.92 Å². The van der Waals surface area contributed by atoms with E-state index in [-0.39, 0.29) is 13.0 Å². The average molecular weight is 226 g/mol. The molecule has 84 valence electrons. The molecule has 0 fully saturated rings. The van der Waals surface area contributed by atoms with Gasteiger partial charge in [-0.1, -0.05) is 0 Å². The summed E-state index contributed by atoms with van der Waals surface area (Å²) in [6, 6.07) is 0. The topological polar surface area (TPSA) is 89.9 Å². The van der Waals surface area contributed by atoms with Crippen LogP contribution in [0.2, 0.25) is 0 Å². The van der Waals surface area contributed by atoms with E-state index < -0.39 is 28.8 Å². The van der Waals surface area contributed by atoms with Crippen LogP contribution in [0.5, 0.6) is 0 Å². The molecule has 6 nitrogen and oxygen atoms in total. The summed E-state index contributed by atoms with van der Waals surface area (Å²) >= 11 is 0. The Morgan fingerprint density at radius 3 is 2.50 bits per heavy atom. The number of hydrogen-bond acceptors (Lipinski definition) is 6. The first-order valence-electron chi connectivity index (χ1n) is 4.03. The van der Waals surface area contributed by atoms with Gasteiger partial charge in [0.1, 0.15) is 0 Å². The molecular weight excluding hydrogens is 212 g/mol. The van der Waals surface area contributed by atoms with Gasteiger partial charge < -0.3 is 9.84 Å². The highest BCUT2D eigenvalue weighted by Crippen LogP contribution is 1.98. The molecular formula is C7H14O6S. The Hall–Kier alpha value is -0.660. The van der Waals surface area contributed by atoms with Crippen molar-refractivity contribution in [1.29, 1.82) is 0 Å². The molecule has 0 aromatic rings. The predicted molar refractivity (Wildman–Crippen MR) is 48.1 cm³/mol. The zero-order valence-corrected chi connectivity index (χ0v) is 8.91. The molecule has 1 atom stereocenters. The van der Waals surface area contributed by atoms with Gasteiger partial charge in [-0.15, -0.1) is 0 Å². The molecule has 0 aromatic heterocycles. The van der Waals surface area contributed by atoms with Gasteiger partial charge in [0.15, 0.2) is 0 Å². The van der Waals surface area contributed by atoms with Crippen molar-refractivity contribution in [3.63, 3.8) is 0 Å². The van der Waals surface area contributed by atoms with Crippen LogP contribution in [0.15, 0.2) is 0 Å². The highest BCUT2D eigenvalue weighted by Gasteiger charge is 2.14. The minimum absolute atomic E-state index is 0.221. The van der Waals surface area contributed by atoms with E-state index in [0.717, 1.165) is 6.26 Å². The highest BCUT2D eigenvalue weighted by atomic mass is 32.2. The molecule has 0 saturated heterocycles. The summed E-state index contributed by atoms with van der Waals surface area (Å²) in [5.41, 5.74) is 0. The average Bonchev–Trinajstić information content (AvgIpc) is 2.00. The van der Waals surface area contributed by atoms with Crippen LogP contribution >= 0.6 is 0 Å². The van der Waals surface area contributed by atoms with Crippen LogP contribution in [-0.4, -0.2) is 45.1 Å². The molecule has 0 unspecified atom stereocenters. The SMILES string of the molecule is CCOC(=O)C[C@H](O)COS(C)(=O)=O. The first-order valence-corrected chi connectivity index (χ1v) is 5.85. The minimum atomic E-state index is -3.58. The van der Waals surface area contributed by atoms with Crippen LogP contribution < -0.4 is 0 Å². The summed E-state index contributed by atoms with van der Waals surface area (Å²) in [6.45, 7) is 1.42. The van der Waals surface area contributed by atoms with Gasteiger partial charge in [0.2, 0.25) is 0 Å². The third-order valence-electron chi connectivity index (χ3n) is 1.18. The normalized spacial score (nSPS) is 13.6. The van der Waals surface area contributed by atoms with E-state index in [9.17, 15) is 13.2 Å². The van der Waals surface area contributed by atoms with E-state index in [1.165, 1.54) is 0 Å². The van der Waals surface area contributed by atoms with Crippen molar-refractivity contribution in [3.8, 4) is 0 Å². The van der Waals surface area contributed by atoms with E-state index >= 15 is 0 Å². The standard InChI is InChI=1S/C7H14O6S/c1-3-12-7(9)4-6(8)5-13-14(2,10)11/h6,8H,3-5H2,1-2H3/t6-/m0/s1. The number of hydrogen-bond donors (Lipinski definition) is 1. The van der Waals surface area contributed by atoms with E-state index in [1.54, 1.807) is 6.92 Å². The Bertz CT molecular complexity index is 270. The van der Waals surface area contributed by atoms with Crippen LogP contribution in [0.4, 0.5) is 0 Å². The molecule has 0 aliphatic carbocycles. The molecule has 0 amide bonds. The lowest BCUT2D eigenvalue weighted by Crippen LogP contribution is -2.22. The van der Waals surface area contributed by atoms with Crippen LogP contribution in [0, 0.1) is 0 Å². The quantitative estimate of drug-likeness (QED) is 0.474. The van der Waals surface area contributed by atoms with Crippen LogP contribution in [0.25, 0.3) is 0 Å². The molecule has 0 radical (unpaired) electrons. The second kappa shape index (κ2) is 5.94. The largest absolute Gasteiger partial charge is 0.466 e. The monoisotopic (exact) mass is 226 g/mol. The first-order chi connectivity index (χ1) is 6.35. The number of ether oxygens (including phenoxy) is 1. The molecule has 0 saturated carbocycles. The summed E-state index contributed by atoms with van der Waals surface area (Å²) in [7, 11) is -3.58. The Morgan fingerprint density at radius 2 is 2.07 bits per heavy atom. The molecule has 7 heteroatoms. The zero-order chi connectivity index (χ0) is 11.2. The summed E-state index contributed by atoms with van der Waals surface area (Å²) in [4.78, 5) is 10.8. The third-order valence-corrected chi connectivity index (χ3v) is 1.75. The van der Waals surface area contributed by atoms with Crippen LogP contribution in [0.1, 0.15) is 13.3 Å². The molecule has 0 bridgehead atoms. The summed E-state index contributed by atoms with van der Waals surface area (Å²) < 4.78 is 29.8. The molecule has 0 aromatic carbocycles. The molecule has 0 spiro atoms. The second-order valence-electron chi connectivity index (χ2n) is 2.65. The Morgan fingerprint density at radius 1 is 1.50 bits per heavy atom. The van der Waals surface area contributed by atoms with Gasteiger partial charge in [0.05, 0.1) is 32.0 Å². The van der Waals surface area contributed by atoms with E-state index in [0.29, 0.717) is 0 Å². The lowest BCUT2D eigenvalue weighted by molar-refractivity contribution is -0.145. The van der Waals surface area contributed by atoms with Gasteiger partial charge in [0, 0.05) is 0 Å². The summed E-state index contributed by atoms with van der Waals surface area (Å²) in [6.07, 6.45) is -0.572. The van der Waals surface area contributed by atoms with Gasteiger partial charge >= 0.3 is 5.97 Å². The number of aliphatic hydroxyl groups is 1. The lowest BCUT2D eigenvalue weighted by Gasteiger charge is -2.08. The number of aliphatic hydroxyl groups excluding tert-OH is 1. The van der Waals surface area contributed by atoms with Gasteiger partial charge in [-0.05, 0) is 6.92 Å². The van der Waals surface area contributed by atoms with Crippen molar-refractivity contribution in [1.82, 2.24) is 0 Å². The Labute approximate surface area is 82.9 Å². The van der Waals surface area contributed by atoms with Gasteiger partial charge in [0.25, 0.3) is 10.1 Å². The van der Waals surface area contributed by atoms with E-state index in [4.69, 9.17) is 5.11 Å². The maximum Gasteiger partial charge on any atom is 0.308 e. The number of carbonyl (C=O) groups excluding carboxylic acids is 1. The lowest BCUT2D eigenvalue weighted by atomic mass is 10.3. The van der Waals surface area contributed by atoms with Gasteiger partial charge in [-0.25, -0.2) is 0 Å². The van der Waals surface area contributed by atoms with Crippen molar-refractivity contribution < 1.29 is 27.2 Å². The van der Waals surface area contributed by atoms with Gasteiger partial charge in [-0.3, -0.25) is 8.98 Å². The Kier molecular flexibility index (Phi) is 5.66. The Balaban J connectivity index is 3.76. The van der Waals surface area contributed by atoms with Crippen molar-refractivity contribution in [2.45, 2.75) is 19.4 Å². The molecule has 0 aliphatic heterocycles. The van der Waals surface area contributed by atoms with Crippen LogP contribution in [0.3, 0.4) is 0 Å². The van der Waals surface area contributed by atoms with Crippen molar-refractivity contribution >= 4 is 16.1 Å². The van der Waals surface area contributed by atoms with Crippen molar-refractivity contribution in [2.24, 2.45) is 0 Å². The minimum Gasteiger partial charge on any atom is -0.466 e. The fourth-order valence-electron chi connectivity index (χ4n) is 0.673. The number of rotatable bonds is 6. The smallest absolute Gasteiger partial charge is 0.308 e. The zero-order valence-electron chi connectivity index (χ0n) is 8.10. The second-order valence-corrected chi connectivity index (χ2v) is 4.30. The number of esters is 1. The summed E-state index contributed by atoms with van der Waals surface area (Å²) in [5, 5.41) is 9.12. The molecule has 0 aliphatic rings. The molecule has 0 heterocycles. The van der Waals surface area contributed by atoms with Crippen LogP contribution in [-0.2, 0) is 23.8 Å². The highest BCUT2D eigenvalue weighted by molar-refractivity contribution is 7.85. The van der Waals surface area contributed by atoms with Gasteiger partial charge in [-0.2, -0.15) is 8.42 Å². The van der Waals surface area contributed by atoms with Crippen molar-refractivity contribution in [3.05, 3.63) is 0 Å². The summed E-state index contributed by atoms with van der Waals surface area (Å²) in [5.74, 6) is -0.586. The fraction of sp³-hybridized carbons (Fsp3) is 0.857. The molecule has 14 heavy (non-hydrogen) atoms. The molecule has 0 rings (SSSR count). The van der Waals surface area contributed by atoms with Crippen molar-refractivity contribution in [2.75, 3.05) is 19.5 Å². The molecule has 1 N–H and O–H groups in total. The maximum absolute atomic E-state index is 10.8. The number of carbonyl (C=O) groups is 1. The predicted octanol–water partition coefficient (Wildman–Crippen LogP) is -0.723.